The summed E-state index contributed by atoms with van der Waals surface area (Å²) in [5.41, 5.74) is 4.96. The second-order valence-electron chi connectivity index (χ2n) is 4.78. The van der Waals surface area contributed by atoms with Crippen LogP contribution in [0.2, 0.25) is 0 Å². The van der Waals surface area contributed by atoms with Crippen LogP contribution in [-0.4, -0.2) is 51.6 Å². The van der Waals surface area contributed by atoms with E-state index in [-0.39, 0.29) is 18.2 Å². The first-order chi connectivity index (χ1) is 10.7. The Labute approximate surface area is 130 Å². The van der Waals surface area contributed by atoms with Crippen molar-refractivity contribution in [3.8, 4) is 0 Å². The number of primary amides is 1. The SMILES string of the molecule is NC(=O)CCOCCOCCNC(=O)OC[C@@H]1C=CC=CC1. The number of carbonyl (C=O) groups is 2. The molecule has 0 fully saturated rings. The predicted octanol–water partition coefficient (Wildman–Crippen LogP) is 0.753. The van der Waals surface area contributed by atoms with E-state index in [1.807, 2.05) is 24.3 Å². The van der Waals surface area contributed by atoms with E-state index in [1.54, 1.807) is 0 Å². The maximum Gasteiger partial charge on any atom is 0.407 e. The van der Waals surface area contributed by atoms with Crippen LogP contribution in [0.1, 0.15) is 12.8 Å². The van der Waals surface area contributed by atoms with E-state index in [1.165, 1.54) is 0 Å². The number of allylic oxidation sites excluding steroid dienone is 3. The smallest absolute Gasteiger partial charge is 0.407 e. The monoisotopic (exact) mass is 312 g/mol. The Kier molecular flexibility index (Phi) is 9.73. The van der Waals surface area contributed by atoms with Crippen LogP contribution in [0.25, 0.3) is 0 Å². The summed E-state index contributed by atoms with van der Waals surface area (Å²) in [5, 5.41) is 2.61. The fourth-order valence-corrected chi connectivity index (χ4v) is 1.71. The standard InChI is InChI=1S/C15H24N2O5/c16-14(18)6-8-20-10-11-21-9-7-17-15(19)22-12-13-4-2-1-3-5-13/h1-4,13H,5-12H2,(H2,16,18)(H,17,19)/t13-/m1/s1. The minimum atomic E-state index is -0.440. The highest BCUT2D eigenvalue weighted by Crippen LogP contribution is 2.11. The van der Waals surface area contributed by atoms with Gasteiger partial charge in [-0.25, -0.2) is 4.79 Å². The van der Waals surface area contributed by atoms with Gasteiger partial charge in [0.15, 0.2) is 0 Å². The van der Waals surface area contributed by atoms with Crippen molar-refractivity contribution < 1.29 is 23.8 Å². The van der Waals surface area contributed by atoms with Crippen molar-refractivity contribution in [2.24, 2.45) is 11.7 Å². The number of hydrogen-bond acceptors (Lipinski definition) is 5. The molecule has 124 valence electrons. The molecule has 2 amide bonds. The van der Waals surface area contributed by atoms with Crippen molar-refractivity contribution >= 4 is 12.0 Å². The zero-order chi connectivity index (χ0) is 16.0. The van der Waals surface area contributed by atoms with Gasteiger partial charge >= 0.3 is 6.09 Å². The van der Waals surface area contributed by atoms with Crippen LogP contribution in [0, 0.1) is 5.92 Å². The fourth-order valence-electron chi connectivity index (χ4n) is 1.71. The molecule has 7 heteroatoms. The maximum absolute atomic E-state index is 11.4. The van der Waals surface area contributed by atoms with Crippen molar-refractivity contribution in [1.29, 1.82) is 0 Å². The highest BCUT2D eigenvalue weighted by atomic mass is 16.5. The number of carbonyl (C=O) groups excluding carboxylic acids is 2. The van der Waals surface area contributed by atoms with E-state index < -0.39 is 6.09 Å². The molecule has 0 heterocycles. The van der Waals surface area contributed by atoms with Crippen molar-refractivity contribution in [1.82, 2.24) is 5.32 Å². The van der Waals surface area contributed by atoms with Gasteiger partial charge in [-0.3, -0.25) is 4.79 Å². The summed E-state index contributed by atoms with van der Waals surface area (Å²) < 4.78 is 15.5. The van der Waals surface area contributed by atoms with E-state index in [0.717, 1.165) is 6.42 Å². The molecular weight excluding hydrogens is 288 g/mol. The Balaban J connectivity index is 1.85. The van der Waals surface area contributed by atoms with E-state index in [4.69, 9.17) is 19.9 Å². The average molecular weight is 312 g/mol. The number of nitrogens with two attached hydrogens (primary N) is 1. The van der Waals surface area contributed by atoms with E-state index in [2.05, 4.69) is 5.32 Å². The van der Waals surface area contributed by atoms with Crippen LogP contribution >= 0.6 is 0 Å². The van der Waals surface area contributed by atoms with Crippen LogP contribution in [-0.2, 0) is 19.0 Å². The summed E-state index contributed by atoms with van der Waals surface area (Å²) in [7, 11) is 0. The van der Waals surface area contributed by atoms with Crippen molar-refractivity contribution in [3.63, 3.8) is 0 Å². The normalized spacial score (nSPS) is 16.5. The van der Waals surface area contributed by atoms with Gasteiger partial charge in [-0.15, -0.1) is 0 Å². The van der Waals surface area contributed by atoms with Crippen LogP contribution in [0.3, 0.4) is 0 Å². The number of rotatable bonds is 11. The van der Waals surface area contributed by atoms with Gasteiger partial charge in [0.2, 0.25) is 5.91 Å². The minimum Gasteiger partial charge on any atom is -0.449 e. The molecule has 1 aliphatic rings. The summed E-state index contributed by atoms with van der Waals surface area (Å²) in [5.74, 6) is -0.132. The second kappa shape index (κ2) is 11.8. The van der Waals surface area contributed by atoms with Gasteiger partial charge in [0.05, 0.1) is 33.0 Å². The Hall–Kier alpha value is -1.86. The van der Waals surface area contributed by atoms with E-state index >= 15 is 0 Å². The lowest BCUT2D eigenvalue weighted by atomic mass is 10.0. The maximum atomic E-state index is 11.4. The summed E-state index contributed by atoms with van der Waals surface area (Å²) in [6, 6.07) is 0. The Morgan fingerprint density at radius 1 is 1.14 bits per heavy atom. The molecule has 0 aliphatic heterocycles. The van der Waals surface area contributed by atoms with Gasteiger partial charge in [0, 0.05) is 18.9 Å². The van der Waals surface area contributed by atoms with Crippen LogP contribution in [0.15, 0.2) is 24.3 Å². The van der Waals surface area contributed by atoms with Crippen molar-refractivity contribution in [3.05, 3.63) is 24.3 Å². The molecule has 0 aromatic heterocycles. The predicted molar refractivity (Wildman–Crippen MR) is 81.2 cm³/mol. The molecular formula is C15H24N2O5. The molecule has 1 rings (SSSR count). The van der Waals surface area contributed by atoms with Gasteiger partial charge in [-0.05, 0) is 6.42 Å². The molecule has 0 saturated carbocycles. The molecule has 22 heavy (non-hydrogen) atoms. The molecule has 0 radical (unpaired) electrons. The zero-order valence-corrected chi connectivity index (χ0v) is 12.7. The van der Waals surface area contributed by atoms with Crippen molar-refractivity contribution in [2.75, 3.05) is 39.6 Å². The molecule has 0 aromatic carbocycles. The highest BCUT2D eigenvalue weighted by Gasteiger charge is 2.08. The molecule has 0 spiro atoms. The summed E-state index contributed by atoms with van der Waals surface area (Å²) >= 11 is 0. The molecule has 0 unspecified atom stereocenters. The molecule has 0 aromatic rings. The van der Waals surface area contributed by atoms with E-state index in [0.29, 0.717) is 39.6 Å². The molecule has 0 bridgehead atoms. The van der Waals surface area contributed by atoms with Crippen LogP contribution in [0.5, 0.6) is 0 Å². The lowest BCUT2D eigenvalue weighted by Crippen LogP contribution is -2.29. The van der Waals surface area contributed by atoms with Gasteiger partial charge in [-0.2, -0.15) is 0 Å². The topological polar surface area (TPSA) is 99.9 Å². The first kappa shape index (κ1) is 18.2. The third kappa shape index (κ3) is 9.95. The molecule has 1 aliphatic carbocycles. The number of nitrogens with one attached hydrogen (secondary N) is 1. The summed E-state index contributed by atoms with van der Waals surface area (Å²) in [6.07, 6.45) is 8.66. The first-order valence-electron chi connectivity index (χ1n) is 7.36. The molecule has 1 atom stereocenters. The van der Waals surface area contributed by atoms with Crippen LogP contribution in [0.4, 0.5) is 4.79 Å². The van der Waals surface area contributed by atoms with Crippen molar-refractivity contribution in [2.45, 2.75) is 12.8 Å². The van der Waals surface area contributed by atoms with Gasteiger partial charge < -0.3 is 25.3 Å². The Morgan fingerprint density at radius 3 is 2.59 bits per heavy atom. The van der Waals surface area contributed by atoms with Crippen LogP contribution < -0.4 is 11.1 Å². The summed E-state index contributed by atoms with van der Waals surface area (Å²) in [6.45, 7) is 2.21. The minimum absolute atomic E-state index is 0.208. The Morgan fingerprint density at radius 2 is 1.91 bits per heavy atom. The second-order valence-corrected chi connectivity index (χ2v) is 4.78. The number of hydrogen-bond donors (Lipinski definition) is 2. The van der Waals surface area contributed by atoms with Gasteiger partial charge in [0.25, 0.3) is 0 Å². The fraction of sp³-hybridized carbons (Fsp3) is 0.600. The molecule has 7 nitrogen and oxygen atoms in total. The average Bonchev–Trinajstić information content (AvgIpc) is 2.52. The lowest BCUT2D eigenvalue weighted by Gasteiger charge is -2.13. The third-order valence-electron chi connectivity index (χ3n) is 2.88. The number of amides is 2. The molecule has 3 N–H and O–H groups in total. The molecule has 0 saturated heterocycles. The summed E-state index contributed by atoms with van der Waals surface area (Å²) in [4.78, 5) is 21.9. The quantitative estimate of drug-likeness (QED) is 0.548. The first-order valence-corrected chi connectivity index (χ1v) is 7.36. The van der Waals surface area contributed by atoms with Gasteiger partial charge in [0.1, 0.15) is 0 Å². The zero-order valence-electron chi connectivity index (χ0n) is 12.7. The Bertz CT molecular complexity index is 395. The van der Waals surface area contributed by atoms with Gasteiger partial charge in [-0.1, -0.05) is 24.3 Å². The highest BCUT2D eigenvalue weighted by molar-refractivity contribution is 5.73. The van der Waals surface area contributed by atoms with E-state index in [9.17, 15) is 9.59 Å². The number of ether oxygens (including phenoxy) is 3. The lowest BCUT2D eigenvalue weighted by molar-refractivity contribution is -0.119. The largest absolute Gasteiger partial charge is 0.449 e. The number of alkyl carbamates (subject to hydrolysis) is 1. The third-order valence-corrected chi connectivity index (χ3v) is 2.88.